The first-order chi connectivity index (χ1) is 16.2. The highest BCUT2D eigenvalue weighted by Crippen LogP contribution is 2.29. The lowest BCUT2D eigenvalue weighted by molar-refractivity contribution is 0.0810. The van der Waals surface area contributed by atoms with Crippen LogP contribution in [-0.2, 0) is 11.3 Å². The van der Waals surface area contributed by atoms with Crippen molar-refractivity contribution >= 4 is 16.6 Å². The number of piperidine rings is 1. The molecule has 2 aliphatic rings. The molecule has 2 aliphatic heterocycles. The number of likely N-dealkylation sites (tertiary alicyclic amines) is 1. The molecule has 1 aromatic carbocycles. The van der Waals surface area contributed by atoms with Crippen molar-refractivity contribution < 1.29 is 14.4 Å². The van der Waals surface area contributed by atoms with Gasteiger partial charge in [-0.25, -0.2) is 4.98 Å². The van der Waals surface area contributed by atoms with Crippen LogP contribution in [0, 0.1) is 0 Å². The quantitative estimate of drug-likeness (QED) is 0.492. The van der Waals surface area contributed by atoms with Crippen molar-refractivity contribution in [3.05, 3.63) is 46.8 Å². The van der Waals surface area contributed by atoms with E-state index < -0.39 is 0 Å². The molecule has 10 nitrogen and oxygen atoms in total. The Kier molecular flexibility index (Phi) is 5.20. The van der Waals surface area contributed by atoms with Crippen LogP contribution in [-0.4, -0.2) is 66.4 Å². The van der Waals surface area contributed by atoms with Gasteiger partial charge < -0.3 is 23.8 Å². The maximum absolute atomic E-state index is 13.7. The summed E-state index contributed by atoms with van der Waals surface area (Å²) in [5, 5.41) is 13.9. The first kappa shape index (κ1) is 20.5. The molecule has 0 radical (unpaired) electrons. The van der Waals surface area contributed by atoms with Crippen molar-refractivity contribution in [2.24, 2.45) is 0 Å². The number of hydrogen-bond acceptors (Lipinski definition) is 8. The lowest BCUT2D eigenvalue weighted by Crippen LogP contribution is -2.39. The lowest BCUT2D eigenvalue weighted by atomic mass is 10.1. The monoisotopic (exact) mass is 450 g/mol. The van der Waals surface area contributed by atoms with Gasteiger partial charge in [-0.2, -0.15) is 4.98 Å². The minimum absolute atomic E-state index is 0.137. The van der Waals surface area contributed by atoms with Crippen LogP contribution < -0.4 is 5.56 Å². The summed E-state index contributed by atoms with van der Waals surface area (Å²) in [6.45, 7) is 3.64. The molecular formula is C23H26N6O4. The second-order valence-electron chi connectivity index (χ2n) is 8.79. The van der Waals surface area contributed by atoms with E-state index in [1.807, 2.05) is 33.2 Å². The van der Waals surface area contributed by atoms with Gasteiger partial charge in [-0.1, -0.05) is 17.3 Å². The van der Waals surface area contributed by atoms with E-state index >= 15 is 0 Å². The van der Waals surface area contributed by atoms with Crippen LogP contribution in [0.25, 0.3) is 28.1 Å². The zero-order chi connectivity index (χ0) is 22.4. The Hall–Kier alpha value is -3.08. The van der Waals surface area contributed by atoms with Crippen molar-refractivity contribution in [2.45, 2.75) is 44.4 Å². The predicted octanol–water partition coefficient (Wildman–Crippen LogP) is 2.01. The molecule has 5 heterocycles. The average Bonchev–Trinajstić information content (AvgIpc) is 3.60. The standard InChI is InChI=1S/C23H26N6O4/c30-15-7-9-27(10-8-15)11-12-28-16-4-1-2-5-17(16)29-14-24-19(20(29)23(28)31)21-25-22(33-26-21)18-6-3-13-32-18/h1-2,4-5,14-15,18,30H,3,6-13H2. The van der Waals surface area contributed by atoms with Gasteiger partial charge in [-0.3, -0.25) is 9.20 Å². The minimum Gasteiger partial charge on any atom is -0.393 e. The molecule has 4 aromatic rings. The van der Waals surface area contributed by atoms with E-state index in [9.17, 15) is 9.90 Å². The van der Waals surface area contributed by atoms with E-state index in [0.29, 0.717) is 36.1 Å². The topological polar surface area (TPSA) is 111 Å². The Balaban J connectivity index is 1.41. The third-order valence-electron chi connectivity index (χ3n) is 6.70. The number of rotatable bonds is 5. The molecule has 1 atom stereocenters. The Morgan fingerprint density at radius 1 is 1.09 bits per heavy atom. The number of aliphatic hydroxyl groups is 1. The molecule has 0 saturated carbocycles. The number of nitrogens with zero attached hydrogens (tertiary/aromatic N) is 6. The number of benzene rings is 1. The highest BCUT2D eigenvalue weighted by atomic mass is 16.5. The molecule has 0 spiro atoms. The van der Waals surface area contributed by atoms with Gasteiger partial charge in [0.25, 0.3) is 11.4 Å². The maximum Gasteiger partial charge on any atom is 0.277 e. The largest absolute Gasteiger partial charge is 0.393 e. The van der Waals surface area contributed by atoms with Gasteiger partial charge in [0.15, 0.2) is 0 Å². The first-order valence-corrected chi connectivity index (χ1v) is 11.5. The molecule has 1 unspecified atom stereocenters. The van der Waals surface area contributed by atoms with E-state index in [2.05, 4.69) is 20.0 Å². The molecule has 0 aliphatic carbocycles. The summed E-state index contributed by atoms with van der Waals surface area (Å²) in [6.07, 6.45) is 4.58. The highest BCUT2D eigenvalue weighted by molar-refractivity contribution is 5.83. The van der Waals surface area contributed by atoms with Gasteiger partial charge in [-0.15, -0.1) is 0 Å². The third kappa shape index (κ3) is 3.64. The van der Waals surface area contributed by atoms with Gasteiger partial charge >= 0.3 is 0 Å². The fraction of sp³-hybridized carbons (Fsp3) is 0.478. The molecule has 0 bridgehead atoms. The summed E-state index contributed by atoms with van der Waals surface area (Å²) >= 11 is 0. The van der Waals surface area contributed by atoms with Crippen molar-refractivity contribution in [1.82, 2.24) is 29.0 Å². The van der Waals surface area contributed by atoms with Crippen LogP contribution in [0.15, 0.2) is 39.9 Å². The normalized spacial score (nSPS) is 20.3. The van der Waals surface area contributed by atoms with Crippen LogP contribution >= 0.6 is 0 Å². The number of aliphatic hydroxyl groups excluding tert-OH is 1. The van der Waals surface area contributed by atoms with Crippen molar-refractivity contribution in [3.63, 3.8) is 0 Å². The predicted molar refractivity (Wildman–Crippen MR) is 120 cm³/mol. The molecule has 2 fully saturated rings. The zero-order valence-electron chi connectivity index (χ0n) is 18.3. The Morgan fingerprint density at radius 2 is 1.91 bits per heavy atom. The molecule has 172 valence electrons. The average molecular weight is 450 g/mol. The lowest BCUT2D eigenvalue weighted by Gasteiger charge is -2.29. The second kappa shape index (κ2) is 8.36. The Labute approximate surface area is 189 Å². The number of hydrogen-bond donors (Lipinski definition) is 1. The fourth-order valence-electron chi connectivity index (χ4n) is 4.87. The van der Waals surface area contributed by atoms with Gasteiger partial charge in [0, 0.05) is 32.8 Å². The van der Waals surface area contributed by atoms with E-state index in [1.54, 1.807) is 6.33 Å². The second-order valence-corrected chi connectivity index (χ2v) is 8.79. The summed E-state index contributed by atoms with van der Waals surface area (Å²) in [5.41, 5.74) is 2.45. The maximum atomic E-state index is 13.7. The summed E-state index contributed by atoms with van der Waals surface area (Å²) in [4.78, 5) is 25.0. The number of fused-ring (bicyclic) bond motifs is 3. The number of aromatic nitrogens is 5. The van der Waals surface area contributed by atoms with Crippen LogP contribution in [0.2, 0.25) is 0 Å². The van der Waals surface area contributed by atoms with Gasteiger partial charge in [0.05, 0.1) is 17.1 Å². The molecular weight excluding hydrogens is 424 g/mol. The third-order valence-corrected chi connectivity index (χ3v) is 6.70. The number of para-hydroxylation sites is 2. The minimum atomic E-state index is -0.218. The van der Waals surface area contributed by atoms with Crippen LogP contribution in [0.1, 0.15) is 37.7 Å². The molecule has 33 heavy (non-hydrogen) atoms. The van der Waals surface area contributed by atoms with E-state index in [1.165, 1.54) is 0 Å². The van der Waals surface area contributed by atoms with E-state index in [0.717, 1.165) is 56.4 Å². The molecule has 3 aromatic heterocycles. The van der Waals surface area contributed by atoms with Gasteiger partial charge in [0.1, 0.15) is 23.6 Å². The van der Waals surface area contributed by atoms with Crippen LogP contribution in [0.4, 0.5) is 0 Å². The summed E-state index contributed by atoms with van der Waals surface area (Å²) < 4.78 is 14.7. The molecule has 1 N–H and O–H groups in total. The molecule has 0 amide bonds. The SMILES string of the molecule is O=c1c2c(-c3noc(C4CCCO4)n3)ncn2c2ccccc2n1CCN1CCC(O)CC1. The summed E-state index contributed by atoms with van der Waals surface area (Å²) in [7, 11) is 0. The molecule has 6 rings (SSSR count). The fourth-order valence-corrected chi connectivity index (χ4v) is 4.87. The van der Waals surface area contributed by atoms with Crippen LogP contribution in [0.5, 0.6) is 0 Å². The number of ether oxygens (including phenoxy) is 1. The zero-order valence-corrected chi connectivity index (χ0v) is 18.3. The number of imidazole rings is 1. The van der Waals surface area contributed by atoms with Crippen molar-refractivity contribution in [2.75, 3.05) is 26.2 Å². The molecule has 10 heteroatoms. The first-order valence-electron chi connectivity index (χ1n) is 11.5. The van der Waals surface area contributed by atoms with Gasteiger partial charge in [-0.05, 0) is 37.8 Å². The summed E-state index contributed by atoms with van der Waals surface area (Å²) in [5.74, 6) is 0.726. The Bertz CT molecular complexity index is 1340. The van der Waals surface area contributed by atoms with Crippen molar-refractivity contribution in [1.29, 1.82) is 0 Å². The van der Waals surface area contributed by atoms with Crippen molar-refractivity contribution in [3.8, 4) is 11.5 Å². The molecule has 2 saturated heterocycles. The van der Waals surface area contributed by atoms with E-state index in [4.69, 9.17) is 9.26 Å². The van der Waals surface area contributed by atoms with E-state index in [-0.39, 0.29) is 17.8 Å². The van der Waals surface area contributed by atoms with Gasteiger partial charge in [0.2, 0.25) is 5.82 Å². The highest BCUT2D eigenvalue weighted by Gasteiger charge is 2.26. The summed E-state index contributed by atoms with van der Waals surface area (Å²) in [6, 6.07) is 7.83. The Morgan fingerprint density at radius 3 is 2.70 bits per heavy atom. The van der Waals surface area contributed by atoms with Crippen LogP contribution in [0.3, 0.4) is 0 Å². The smallest absolute Gasteiger partial charge is 0.277 e.